The number of ether oxygens (including phenoxy) is 3. The molecule has 0 aliphatic carbocycles. The van der Waals surface area contributed by atoms with E-state index in [0.29, 0.717) is 57.8 Å². The van der Waals surface area contributed by atoms with Crippen LogP contribution in [0.5, 0.6) is 11.5 Å². The number of benzene rings is 1. The largest absolute Gasteiger partial charge is 0.495 e. The fraction of sp³-hybridized carbons (Fsp3) is 0.318. The topological polar surface area (TPSA) is 116 Å². The second-order valence-electron chi connectivity index (χ2n) is 7.38. The number of rotatable bonds is 7. The number of methoxy groups -OCH3 is 2. The Labute approximate surface area is 201 Å². The van der Waals surface area contributed by atoms with Crippen molar-refractivity contribution in [1.29, 1.82) is 0 Å². The minimum atomic E-state index is -0.0325. The lowest BCUT2D eigenvalue weighted by molar-refractivity contribution is 0.0767. The van der Waals surface area contributed by atoms with Crippen LogP contribution >= 0.6 is 23.2 Å². The maximum atomic E-state index is 6.52. The average Bonchev–Trinajstić information content (AvgIpc) is 2.84. The highest BCUT2D eigenvalue weighted by Crippen LogP contribution is 2.45. The van der Waals surface area contributed by atoms with Gasteiger partial charge in [-0.15, -0.1) is 0 Å². The van der Waals surface area contributed by atoms with E-state index in [4.69, 9.17) is 43.1 Å². The number of pyridine rings is 1. The van der Waals surface area contributed by atoms with Crippen molar-refractivity contribution < 1.29 is 14.2 Å². The first kappa shape index (κ1) is 23.3. The fourth-order valence-corrected chi connectivity index (χ4v) is 4.10. The quantitative estimate of drug-likeness (QED) is 0.449. The molecule has 33 heavy (non-hydrogen) atoms. The molecule has 0 saturated carbocycles. The summed E-state index contributed by atoms with van der Waals surface area (Å²) in [6.07, 6.45) is 3.93. The maximum absolute atomic E-state index is 6.52. The molecule has 2 atom stereocenters. The van der Waals surface area contributed by atoms with Crippen molar-refractivity contribution in [2.75, 3.05) is 38.1 Å². The van der Waals surface area contributed by atoms with E-state index >= 15 is 0 Å². The molecule has 0 spiro atoms. The Balaban J connectivity index is 1.67. The molecule has 1 aliphatic rings. The smallest absolute Gasteiger partial charge is 0.143 e. The van der Waals surface area contributed by atoms with E-state index in [1.54, 1.807) is 12.3 Å². The van der Waals surface area contributed by atoms with Gasteiger partial charge in [-0.1, -0.05) is 23.2 Å². The Kier molecular flexibility index (Phi) is 7.34. The number of aromatic nitrogens is 3. The zero-order valence-electron chi connectivity index (χ0n) is 18.1. The van der Waals surface area contributed by atoms with Gasteiger partial charge in [0.2, 0.25) is 0 Å². The highest BCUT2D eigenvalue weighted by atomic mass is 35.5. The third-order valence-electron chi connectivity index (χ3n) is 5.31. The molecule has 11 heteroatoms. The Morgan fingerprint density at radius 1 is 1.09 bits per heavy atom. The molecule has 174 valence electrons. The van der Waals surface area contributed by atoms with Crippen LogP contribution in [-0.2, 0) is 4.74 Å². The van der Waals surface area contributed by atoms with Gasteiger partial charge in [0, 0.05) is 36.5 Å². The molecule has 0 amide bonds. The Bertz CT molecular complexity index is 1110. The SMILES string of the molecule is COc1cc(OC)c(Cl)c(Nc2ncccc2-c2cc(N[C@@H]3COCC[C@@H]3N)ncn2)c1Cl. The number of hydrogen-bond donors (Lipinski definition) is 3. The molecule has 9 nitrogen and oxygen atoms in total. The normalized spacial score (nSPS) is 18.0. The van der Waals surface area contributed by atoms with Crippen LogP contribution < -0.4 is 25.8 Å². The van der Waals surface area contributed by atoms with Gasteiger partial charge in [0.1, 0.15) is 39.5 Å². The summed E-state index contributed by atoms with van der Waals surface area (Å²) in [5.74, 6) is 1.97. The van der Waals surface area contributed by atoms with Crippen LogP contribution in [0.15, 0.2) is 36.8 Å². The van der Waals surface area contributed by atoms with Gasteiger partial charge in [-0.2, -0.15) is 0 Å². The van der Waals surface area contributed by atoms with Gasteiger partial charge in [0.15, 0.2) is 0 Å². The zero-order valence-corrected chi connectivity index (χ0v) is 19.7. The zero-order chi connectivity index (χ0) is 23.4. The van der Waals surface area contributed by atoms with Crippen LogP contribution in [0.3, 0.4) is 0 Å². The summed E-state index contributed by atoms with van der Waals surface area (Å²) in [5, 5.41) is 7.15. The second-order valence-corrected chi connectivity index (χ2v) is 8.13. The number of anilines is 3. The third-order valence-corrected chi connectivity index (χ3v) is 6.06. The third kappa shape index (κ3) is 5.06. The van der Waals surface area contributed by atoms with Crippen molar-refractivity contribution in [3.63, 3.8) is 0 Å². The Hall–Kier alpha value is -2.85. The van der Waals surface area contributed by atoms with Crippen molar-refractivity contribution in [3.8, 4) is 22.8 Å². The first-order valence-electron chi connectivity index (χ1n) is 10.3. The molecule has 0 radical (unpaired) electrons. The highest BCUT2D eigenvalue weighted by molar-refractivity contribution is 6.41. The molecule has 3 heterocycles. The van der Waals surface area contributed by atoms with Gasteiger partial charge in [0.25, 0.3) is 0 Å². The summed E-state index contributed by atoms with van der Waals surface area (Å²) < 4.78 is 16.2. The van der Waals surface area contributed by atoms with E-state index in [0.717, 1.165) is 12.0 Å². The van der Waals surface area contributed by atoms with E-state index < -0.39 is 0 Å². The van der Waals surface area contributed by atoms with Gasteiger partial charge >= 0.3 is 0 Å². The van der Waals surface area contributed by atoms with Gasteiger partial charge in [-0.25, -0.2) is 15.0 Å². The van der Waals surface area contributed by atoms with Gasteiger partial charge < -0.3 is 30.6 Å². The van der Waals surface area contributed by atoms with Crippen molar-refractivity contribution in [3.05, 3.63) is 46.8 Å². The standard InChI is InChI=1S/C22H24Cl2N6O3/c1-31-16-9-17(32-2)20(24)21(19(16)23)30-22-12(4-3-6-26-22)14-8-18(28-11-27-14)29-15-10-33-7-5-13(15)25/h3-4,6,8-9,11,13,15H,5,7,10,25H2,1-2H3,(H,26,30)(H,27,28,29)/t13-,15+/m0/s1. The molecule has 0 unspecified atom stereocenters. The van der Waals surface area contributed by atoms with Crippen molar-refractivity contribution in [2.24, 2.45) is 5.73 Å². The number of halogens is 2. The summed E-state index contributed by atoms with van der Waals surface area (Å²) in [4.78, 5) is 13.2. The first-order valence-corrected chi connectivity index (χ1v) is 11.0. The Morgan fingerprint density at radius 2 is 1.85 bits per heavy atom. The summed E-state index contributed by atoms with van der Waals surface area (Å²) in [7, 11) is 3.03. The van der Waals surface area contributed by atoms with Gasteiger partial charge in [-0.05, 0) is 18.6 Å². The molecule has 1 fully saturated rings. The van der Waals surface area contributed by atoms with Crippen LogP contribution in [0.2, 0.25) is 10.0 Å². The summed E-state index contributed by atoms with van der Waals surface area (Å²) >= 11 is 13.0. The van der Waals surface area contributed by atoms with Crippen molar-refractivity contribution in [1.82, 2.24) is 15.0 Å². The lowest BCUT2D eigenvalue weighted by atomic mass is 10.0. The summed E-state index contributed by atoms with van der Waals surface area (Å²) in [6.45, 7) is 1.19. The number of nitrogens with one attached hydrogen (secondary N) is 2. The minimum Gasteiger partial charge on any atom is -0.495 e. The molecule has 2 aromatic heterocycles. The van der Waals surface area contributed by atoms with Crippen LogP contribution in [0, 0.1) is 0 Å². The van der Waals surface area contributed by atoms with Crippen LogP contribution in [-0.4, -0.2) is 54.5 Å². The maximum Gasteiger partial charge on any atom is 0.143 e. The molecule has 3 aromatic rings. The van der Waals surface area contributed by atoms with Crippen LogP contribution in [0.4, 0.5) is 17.3 Å². The summed E-state index contributed by atoms with van der Waals surface area (Å²) in [5.41, 5.74) is 7.99. The van der Waals surface area contributed by atoms with E-state index in [-0.39, 0.29) is 12.1 Å². The van der Waals surface area contributed by atoms with Crippen LogP contribution in [0.25, 0.3) is 11.3 Å². The predicted octanol–water partition coefficient (Wildman–Crippen LogP) is 4.13. The lowest BCUT2D eigenvalue weighted by Gasteiger charge is -2.29. The molecule has 1 aliphatic heterocycles. The molecule has 0 bridgehead atoms. The highest BCUT2D eigenvalue weighted by Gasteiger charge is 2.23. The Morgan fingerprint density at radius 3 is 2.55 bits per heavy atom. The second kappa shape index (κ2) is 10.4. The predicted molar refractivity (Wildman–Crippen MR) is 129 cm³/mol. The average molecular weight is 491 g/mol. The van der Waals surface area contributed by atoms with Gasteiger partial charge in [0.05, 0.1) is 38.2 Å². The van der Waals surface area contributed by atoms with E-state index in [1.807, 2.05) is 18.2 Å². The number of nitrogens with two attached hydrogens (primary N) is 1. The van der Waals surface area contributed by atoms with E-state index in [2.05, 4.69) is 25.6 Å². The minimum absolute atomic E-state index is 0.0138. The lowest BCUT2D eigenvalue weighted by Crippen LogP contribution is -2.47. The van der Waals surface area contributed by atoms with Gasteiger partial charge in [-0.3, -0.25) is 0 Å². The summed E-state index contributed by atoms with van der Waals surface area (Å²) in [6, 6.07) is 7.11. The van der Waals surface area contributed by atoms with Crippen molar-refractivity contribution in [2.45, 2.75) is 18.5 Å². The van der Waals surface area contributed by atoms with E-state index in [1.165, 1.54) is 20.5 Å². The number of nitrogens with zero attached hydrogens (tertiary/aromatic N) is 3. The fourth-order valence-electron chi connectivity index (χ4n) is 3.50. The molecular weight excluding hydrogens is 467 g/mol. The molecular formula is C22H24Cl2N6O3. The van der Waals surface area contributed by atoms with Crippen LogP contribution in [0.1, 0.15) is 6.42 Å². The van der Waals surface area contributed by atoms with Crippen molar-refractivity contribution >= 4 is 40.5 Å². The number of hydrogen-bond acceptors (Lipinski definition) is 9. The molecule has 4 N–H and O–H groups in total. The molecule has 1 saturated heterocycles. The monoisotopic (exact) mass is 490 g/mol. The van der Waals surface area contributed by atoms with E-state index in [9.17, 15) is 0 Å². The molecule has 4 rings (SSSR count). The first-order chi connectivity index (χ1) is 16.0. The molecule has 1 aromatic carbocycles.